The van der Waals surface area contributed by atoms with Crippen molar-refractivity contribution >= 4 is 17.5 Å². The number of nitrogens with zero attached hydrogens (tertiary/aromatic N) is 2. The lowest BCUT2D eigenvalue weighted by Crippen LogP contribution is -2.42. The molecule has 0 bridgehead atoms. The lowest BCUT2D eigenvalue weighted by atomic mass is 10.1. The molecule has 2 amide bonds. The van der Waals surface area contributed by atoms with Crippen molar-refractivity contribution in [3.05, 3.63) is 29.8 Å². The van der Waals surface area contributed by atoms with Gasteiger partial charge in [-0.1, -0.05) is 18.2 Å². The summed E-state index contributed by atoms with van der Waals surface area (Å²) < 4.78 is 0. The van der Waals surface area contributed by atoms with Gasteiger partial charge >= 0.3 is 0 Å². The third kappa shape index (κ3) is 2.51. The molecule has 1 aromatic rings. The monoisotopic (exact) mass is 247 g/mol. The molecule has 1 heterocycles. The van der Waals surface area contributed by atoms with Crippen LogP contribution in [-0.2, 0) is 16.1 Å². The van der Waals surface area contributed by atoms with Crippen LogP contribution in [0.15, 0.2) is 24.3 Å². The van der Waals surface area contributed by atoms with E-state index in [1.165, 1.54) is 4.90 Å². The SMILES string of the molecule is CN(C)C(=O)CN1C(=O)CNCc2ccccc21. The molecule has 2 rings (SSSR count). The van der Waals surface area contributed by atoms with Crippen LogP contribution in [0.1, 0.15) is 5.56 Å². The number of para-hydroxylation sites is 1. The minimum absolute atomic E-state index is 0.0739. The summed E-state index contributed by atoms with van der Waals surface area (Å²) in [4.78, 5) is 26.9. The van der Waals surface area contributed by atoms with E-state index < -0.39 is 0 Å². The first kappa shape index (κ1) is 12.6. The molecule has 0 aliphatic carbocycles. The third-order valence-electron chi connectivity index (χ3n) is 2.97. The van der Waals surface area contributed by atoms with Gasteiger partial charge in [0, 0.05) is 26.3 Å². The number of likely N-dealkylation sites (N-methyl/N-ethyl adjacent to an activating group) is 1. The van der Waals surface area contributed by atoms with Gasteiger partial charge in [-0.3, -0.25) is 9.59 Å². The third-order valence-corrected chi connectivity index (χ3v) is 2.97. The van der Waals surface area contributed by atoms with Crippen molar-refractivity contribution < 1.29 is 9.59 Å². The normalized spacial score (nSPS) is 15.0. The molecule has 5 nitrogen and oxygen atoms in total. The first-order valence-electron chi connectivity index (χ1n) is 5.88. The van der Waals surface area contributed by atoms with Crippen LogP contribution in [-0.4, -0.2) is 43.9 Å². The topological polar surface area (TPSA) is 52.7 Å². The molecule has 0 unspecified atom stereocenters. The van der Waals surface area contributed by atoms with Crippen LogP contribution >= 0.6 is 0 Å². The number of benzene rings is 1. The van der Waals surface area contributed by atoms with Gasteiger partial charge in [-0.15, -0.1) is 0 Å². The maximum atomic E-state index is 12.0. The van der Waals surface area contributed by atoms with Crippen LogP contribution in [0.2, 0.25) is 0 Å². The Kier molecular flexibility index (Phi) is 3.62. The van der Waals surface area contributed by atoms with Gasteiger partial charge < -0.3 is 15.1 Å². The summed E-state index contributed by atoms with van der Waals surface area (Å²) in [5.74, 6) is -0.157. The number of rotatable bonds is 2. The van der Waals surface area contributed by atoms with Crippen molar-refractivity contribution in [2.45, 2.75) is 6.54 Å². The average molecular weight is 247 g/mol. The average Bonchev–Trinajstić information content (AvgIpc) is 2.50. The zero-order chi connectivity index (χ0) is 13.1. The molecule has 5 heteroatoms. The van der Waals surface area contributed by atoms with Gasteiger partial charge in [-0.05, 0) is 11.6 Å². The number of nitrogens with one attached hydrogen (secondary N) is 1. The minimum Gasteiger partial charge on any atom is -0.347 e. The van der Waals surface area contributed by atoms with Crippen molar-refractivity contribution in [1.82, 2.24) is 10.2 Å². The molecular formula is C13H17N3O2. The molecule has 18 heavy (non-hydrogen) atoms. The first-order chi connectivity index (χ1) is 8.59. The Hall–Kier alpha value is -1.88. The number of carbonyl (C=O) groups excluding carboxylic acids is 2. The molecule has 0 aromatic heterocycles. The summed E-state index contributed by atoms with van der Waals surface area (Å²) in [6, 6.07) is 7.66. The number of hydrogen-bond donors (Lipinski definition) is 1. The van der Waals surface area contributed by atoms with E-state index in [0.29, 0.717) is 6.54 Å². The molecular weight excluding hydrogens is 230 g/mol. The number of hydrogen-bond acceptors (Lipinski definition) is 3. The first-order valence-corrected chi connectivity index (χ1v) is 5.88. The van der Waals surface area contributed by atoms with Crippen molar-refractivity contribution in [2.75, 3.05) is 32.1 Å². The lowest BCUT2D eigenvalue weighted by molar-refractivity contribution is -0.129. The number of carbonyl (C=O) groups is 2. The van der Waals surface area contributed by atoms with Crippen molar-refractivity contribution in [3.8, 4) is 0 Å². The standard InChI is InChI=1S/C13H17N3O2/c1-15(2)13(18)9-16-11-6-4-3-5-10(11)7-14-8-12(16)17/h3-6,14H,7-9H2,1-2H3. The van der Waals surface area contributed by atoms with E-state index in [-0.39, 0.29) is 24.9 Å². The fraction of sp³-hybridized carbons (Fsp3) is 0.385. The van der Waals surface area contributed by atoms with Crippen LogP contribution < -0.4 is 10.2 Å². The van der Waals surface area contributed by atoms with Crippen LogP contribution in [0.25, 0.3) is 0 Å². The second-order valence-electron chi connectivity index (χ2n) is 4.50. The molecule has 0 spiro atoms. The van der Waals surface area contributed by atoms with Gasteiger partial charge in [0.2, 0.25) is 11.8 Å². The van der Waals surface area contributed by atoms with E-state index in [4.69, 9.17) is 0 Å². The van der Waals surface area contributed by atoms with E-state index in [1.54, 1.807) is 19.0 Å². The van der Waals surface area contributed by atoms with Crippen LogP contribution in [0.4, 0.5) is 5.69 Å². The Morgan fingerprint density at radius 3 is 2.78 bits per heavy atom. The number of fused-ring (bicyclic) bond motifs is 1. The molecule has 0 radical (unpaired) electrons. The molecule has 0 saturated carbocycles. The Bertz CT molecular complexity index is 471. The van der Waals surface area contributed by atoms with Crippen molar-refractivity contribution in [1.29, 1.82) is 0 Å². The Labute approximate surface area is 106 Å². The summed E-state index contributed by atoms with van der Waals surface area (Å²) in [5, 5.41) is 3.07. The van der Waals surface area contributed by atoms with E-state index in [9.17, 15) is 9.59 Å². The Morgan fingerprint density at radius 2 is 2.06 bits per heavy atom. The molecule has 0 atom stereocenters. The highest BCUT2D eigenvalue weighted by Crippen LogP contribution is 2.22. The zero-order valence-electron chi connectivity index (χ0n) is 10.6. The maximum Gasteiger partial charge on any atom is 0.242 e. The minimum atomic E-state index is -0.0833. The van der Waals surface area contributed by atoms with E-state index in [0.717, 1.165) is 11.3 Å². The fourth-order valence-corrected chi connectivity index (χ4v) is 1.91. The Balaban J connectivity index is 2.31. The predicted molar refractivity (Wildman–Crippen MR) is 69.2 cm³/mol. The quantitative estimate of drug-likeness (QED) is 0.813. The highest BCUT2D eigenvalue weighted by atomic mass is 16.2. The summed E-state index contributed by atoms with van der Waals surface area (Å²) in [7, 11) is 3.38. The van der Waals surface area contributed by atoms with Gasteiger partial charge in [0.1, 0.15) is 6.54 Å². The number of amides is 2. The summed E-state index contributed by atoms with van der Waals surface area (Å²) >= 11 is 0. The van der Waals surface area contributed by atoms with Gasteiger partial charge in [0.15, 0.2) is 0 Å². The van der Waals surface area contributed by atoms with Crippen LogP contribution in [0.5, 0.6) is 0 Å². The second-order valence-corrected chi connectivity index (χ2v) is 4.50. The van der Waals surface area contributed by atoms with E-state index in [2.05, 4.69) is 5.32 Å². The largest absolute Gasteiger partial charge is 0.347 e. The maximum absolute atomic E-state index is 12.0. The molecule has 1 aromatic carbocycles. The molecule has 0 saturated heterocycles. The predicted octanol–water partition coefficient (Wildman–Crippen LogP) is 0.211. The highest BCUT2D eigenvalue weighted by molar-refractivity contribution is 6.00. The lowest BCUT2D eigenvalue weighted by Gasteiger charge is -2.23. The van der Waals surface area contributed by atoms with E-state index in [1.807, 2.05) is 24.3 Å². The van der Waals surface area contributed by atoms with Crippen molar-refractivity contribution in [2.24, 2.45) is 0 Å². The molecule has 0 fully saturated rings. The van der Waals surface area contributed by atoms with Crippen LogP contribution in [0, 0.1) is 0 Å². The molecule has 1 aliphatic rings. The van der Waals surface area contributed by atoms with Gasteiger partial charge in [0.05, 0.1) is 6.54 Å². The second kappa shape index (κ2) is 5.18. The highest BCUT2D eigenvalue weighted by Gasteiger charge is 2.24. The van der Waals surface area contributed by atoms with E-state index >= 15 is 0 Å². The number of anilines is 1. The fourth-order valence-electron chi connectivity index (χ4n) is 1.91. The smallest absolute Gasteiger partial charge is 0.242 e. The molecule has 96 valence electrons. The van der Waals surface area contributed by atoms with Gasteiger partial charge in [0.25, 0.3) is 0 Å². The van der Waals surface area contributed by atoms with Crippen molar-refractivity contribution in [3.63, 3.8) is 0 Å². The zero-order valence-corrected chi connectivity index (χ0v) is 10.6. The summed E-state index contributed by atoms with van der Waals surface area (Å²) in [6.07, 6.45) is 0. The summed E-state index contributed by atoms with van der Waals surface area (Å²) in [6.45, 7) is 0.995. The van der Waals surface area contributed by atoms with Crippen LogP contribution in [0.3, 0.4) is 0 Å². The summed E-state index contributed by atoms with van der Waals surface area (Å²) in [5.41, 5.74) is 1.86. The van der Waals surface area contributed by atoms with Gasteiger partial charge in [-0.2, -0.15) is 0 Å². The van der Waals surface area contributed by atoms with Gasteiger partial charge in [-0.25, -0.2) is 0 Å². The molecule has 1 aliphatic heterocycles. The Morgan fingerprint density at radius 1 is 1.33 bits per heavy atom. The molecule has 1 N–H and O–H groups in total.